The Labute approximate surface area is 90.2 Å². The Balaban J connectivity index is 3.16. The number of rotatable bonds is 2. The second-order valence-electron chi connectivity index (χ2n) is 3.72. The molecule has 2 N–H and O–H groups in total. The molecule has 0 bridgehead atoms. The Morgan fingerprint density at radius 3 is 2.40 bits per heavy atom. The highest BCUT2D eigenvalue weighted by atomic mass is 16.5. The second-order valence-corrected chi connectivity index (χ2v) is 3.72. The normalized spacial score (nSPS) is 12.3. The van der Waals surface area contributed by atoms with Gasteiger partial charge in [-0.1, -0.05) is 12.1 Å². The number of esters is 1. The average molecular weight is 207 g/mol. The fraction of sp³-hybridized carbons (Fsp3) is 0.417. The van der Waals surface area contributed by atoms with E-state index in [1.807, 2.05) is 32.9 Å². The maximum Gasteiger partial charge on any atom is 0.327 e. The number of hydrogen-bond acceptors (Lipinski definition) is 3. The fourth-order valence-electron chi connectivity index (χ4n) is 1.57. The summed E-state index contributed by atoms with van der Waals surface area (Å²) in [7, 11) is 1.35. The van der Waals surface area contributed by atoms with Gasteiger partial charge < -0.3 is 10.5 Å². The van der Waals surface area contributed by atoms with E-state index in [4.69, 9.17) is 5.73 Å². The standard InChI is InChI=1S/C12H17NO2/c1-7-5-6-10(9(3)8(7)2)11(13)12(14)15-4/h5-6,11H,13H2,1-4H3. The predicted molar refractivity (Wildman–Crippen MR) is 59.6 cm³/mol. The zero-order valence-corrected chi connectivity index (χ0v) is 9.63. The predicted octanol–water partition coefficient (Wildman–Crippen LogP) is 1.78. The molecule has 0 heterocycles. The van der Waals surface area contributed by atoms with E-state index in [9.17, 15) is 4.79 Å². The van der Waals surface area contributed by atoms with Gasteiger partial charge in [-0.25, -0.2) is 0 Å². The van der Waals surface area contributed by atoms with Crippen LogP contribution in [0.25, 0.3) is 0 Å². The Morgan fingerprint density at radius 1 is 1.27 bits per heavy atom. The molecular weight excluding hydrogens is 190 g/mol. The number of ether oxygens (including phenoxy) is 1. The van der Waals surface area contributed by atoms with Crippen molar-refractivity contribution < 1.29 is 9.53 Å². The molecule has 15 heavy (non-hydrogen) atoms. The minimum atomic E-state index is -0.686. The summed E-state index contributed by atoms with van der Waals surface area (Å²) < 4.78 is 4.63. The van der Waals surface area contributed by atoms with Crippen molar-refractivity contribution in [1.29, 1.82) is 0 Å². The first-order valence-corrected chi connectivity index (χ1v) is 4.89. The van der Waals surface area contributed by atoms with Gasteiger partial charge in [-0.15, -0.1) is 0 Å². The summed E-state index contributed by atoms with van der Waals surface area (Å²) in [5.41, 5.74) is 10.1. The molecule has 0 amide bonds. The van der Waals surface area contributed by atoms with Crippen molar-refractivity contribution in [3.8, 4) is 0 Å². The van der Waals surface area contributed by atoms with Crippen LogP contribution in [0.2, 0.25) is 0 Å². The van der Waals surface area contributed by atoms with Gasteiger partial charge in [-0.3, -0.25) is 4.79 Å². The van der Waals surface area contributed by atoms with Crippen molar-refractivity contribution in [2.45, 2.75) is 26.8 Å². The van der Waals surface area contributed by atoms with Gasteiger partial charge in [0.05, 0.1) is 7.11 Å². The fourth-order valence-corrected chi connectivity index (χ4v) is 1.57. The quantitative estimate of drug-likeness (QED) is 0.752. The highest BCUT2D eigenvalue weighted by Crippen LogP contribution is 2.22. The molecule has 0 fully saturated rings. The van der Waals surface area contributed by atoms with Crippen LogP contribution in [0, 0.1) is 20.8 Å². The molecule has 1 rings (SSSR count). The summed E-state index contributed by atoms with van der Waals surface area (Å²) in [6, 6.07) is 3.18. The zero-order valence-electron chi connectivity index (χ0n) is 9.63. The number of carbonyl (C=O) groups excluding carboxylic acids is 1. The van der Waals surface area contributed by atoms with E-state index in [0.29, 0.717) is 0 Å². The van der Waals surface area contributed by atoms with Crippen LogP contribution in [0.3, 0.4) is 0 Å². The largest absolute Gasteiger partial charge is 0.468 e. The Hall–Kier alpha value is -1.35. The van der Waals surface area contributed by atoms with Crippen molar-refractivity contribution in [1.82, 2.24) is 0 Å². The van der Waals surface area contributed by atoms with Gasteiger partial charge >= 0.3 is 5.97 Å². The molecule has 82 valence electrons. The number of benzene rings is 1. The third-order valence-electron chi connectivity index (χ3n) is 2.89. The van der Waals surface area contributed by atoms with Crippen LogP contribution in [-0.4, -0.2) is 13.1 Å². The highest BCUT2D eigenvalue weighted by Gasteiger charge is 2.19. The molecule has 0 aliphatic rings. The first kappa shape index (κ1) is 11.7. The lowest BCUT2D eigenvalue weighted by Gasteiger charge is -2.15. The Kier molecular flexibility index (Phi) is 3.48. The number of hydrogen-bond donors (Lipinski definition) is 1. The minimum Gasteiger partial charge on any atom is -0.468 e. The molecule has 1 unspecified atom stereocenters. The van der Waals surface area contributed by atoms with Crippen molar-refractivity contribution in [3.63, 3.8) is 0 Å². The van der Waals surface area contributed by atoms with Crippen LogP contribution in [0.15, 0.2) is 12.1 Å². The van der Waals surface area contributed by atoms with E-state index in [1.165, 1.54) is 18.2 Å². The minimum absolute atomic E-state index is 0.402. The third-order valence-corrected chi connectivity index (χ3v) is 2.89. The summed E-state index contributed by atoms with van der Waals surface area (Å²) in [6.45, 7) is 6.04. The van der Waals surface area contributed by atoms with Crippen molar-refractivity contribution >= 4 is 5.97 Å². The van der Waals surface area contributed by atoms with Gasteiger partial charge in [0.1, 0.15) is 6.04 Å². The van der Waals surface area contributed by atoms with Crippen molar-refractivity contribution in [3.05, 3.63) is 34.4 Å². The van der Waals surface area contributed by atoms with E-state index in [2.05, 4.69) is 4.74 Å². The summed E-state index contributed by atoms with van der Waals surface area (Å²) >= 11 is 0. The highest BCUT2D eigenvalue weighted by molar-refractivity contribution is 5.78. The maximum absolute atomic E-state index is 11.3. The number of carbonyl (C=O) groups is 1. The summed E-state index contributed by atoms with van der Waals surface area (Å²) in [4.78, 5) is 11.3. The molecule has 0 spiro atoms. The molecule has 3 nitrogen and oxygen atoms in total. The number of nitrogens with two attached hydrogens (primary N) is 1. The van der Waals surface area contributed by atoms with E-state index in [0.717, 1.165) is 11.1 Å². The van der Waals surface area contributed by atoms with E-state index >= 15 is 0 Å². The van der Waals surface area contributed by atoms with Gasteiger partial charge in [0.15, 0.2) is 0 Å². The Bertz CT molecular complexity index is 385. The van der Waals surface area contributed by atoms with Crippen LogP contribution in [0.5, 0.6) is 0 Å². The lowest BCUT2D eigenvalue weighted by molar-refractivity contribution is -0.142. The summed E-state index contributed by atoms with van der Waals surface area (Å²) in [6.07, 6.45) is 0. The maximum atomic E-state index is 11.3. The number of methoxy groups -OCH3 is 1. The molecular formula is C12H17NO2. The van der Waals surface area contributed by atoms with Crippen LogP contribution < -0.4 is 5.73 Å². The van der Waals surface area contributed by atoms with Crippen molar-refractivity contribution in [2.75, 3.05) is 7.11 Å². The van der Waals surface area contributed by atoms with E-state index in [-0.39, 0.29) is 0 Å². The average Bonchev–Trinajstić information content (AvgIpc) is 2.24. The van der Waals surface area contributed by atoms with E-state index in [1.54, 1.807) is 0 Å². The Morgan fingerprint density at radius 2 is 1.87 bits per heavy atom. The van der Waals surface area contributed by atoms with Gasteiger partial charge in [0.2, 0.25) is 0 Å². The third kappa shape index (κ3) is 2.18. The molecule has 0 radical (unpaired) electrons. The van der Waals surface area contributed by atoms with Crippen LogP contribution in [0.4, 0.5) is 0 Å². The molecule has 0 saturated heterocycles. The molecule has 1 aromatic rings. The van der Waals surface area contributed by atoms with E-state index < -0.39 is 12.0 Å². The van der Waals surface area contributed by atoms with Gasteiger partial charge in [0.25, 0.3) is 0 Å². The monoisotopic (exact) mass is 207 g/mol. The van der Waals surface area contributed by atoms with Gasteiger partial charge in [0, 0.05) is 0 Å². The lowest BCUT2D eigenvalue weighted by Crippen LogP contribution is -2.23. The van der Waals surface area contributed by atoms with Crippen LogP contribution in [-0.2, 0) is 9.53 Å². The first-order chi connectivity index (χ1) is 6.99. The van der Waals surface area contributed by atoms with Crippen LogP contribution in [0.1, 0.15) is 28.3 Å². The number of aryl methyl sites for hydroxylation is 1. The van der Waals surface area contributed by atoms with Crippen LogP contribution >= 0.6 is 0 Å². The summed E-state index contributed by atoms with van der Waals surface area (Å²) in [5.74, 6) is -0.402. The smallest absolute Gasteiger partial charge is 0.327 e. The van der Waals surface area contributed by atoms with Gasteiger partial charge in [-0.2, -0.15) is 0 Å². The second kappa shape index (κ2) is 4.45. The molecule has 1 atom stereocenters. The zero-order chi connectivity index (χ0) is 11.6. The topological polar surface area (TPSA) is 52.3 Å². The first-order valence-electron chi connectivity index (χ1n) is 4.89. The SMILES string of the molecule is COC(=O)C(N)c1ccc(C)c(C)c1C. The summed E-state index contributed by atoms with van der Waals surface area (Å²) in [5, 5.41) is 0. The molecule has 0 saturated carbocycles. The van der Waals surface area contributed by atoms with Crippen molar-refractivity contribution in [2.24, 2.45) is 5.73 Å². The molecule has 3 heteroatoms. The molecule has 0 aliphatic heterocycles. The van der Waals surface area contributed by atoms with Gasteiger partial charge in [-0.05, 0) is 43.0 Å². The molecule has 0 aromatic heterocycles. The molecule has 1 aromatic carbocycles. The lowest BCUT2D eigenvalue weighted by atomic mass is 9.95. The molecule has 0 aliphatic carbocycles.